The van der Waals surface area contributed by atoms with Gasteiger partial charge in [0.25, 0.3) is 5.53 Å². The molecule has 0 fully saturated rings. The summed E-state index contributed by atoms with van der Waals surface area (Å²) < 4.78 is 21.8. The lowest BCUT2D eigenvalue weighted by molar-refractivity contribution is -0.178. The van der Waals surface area contributed by atoms with Gasteiger partial charge in [-0.25, -0.2) is 4.98 Å². The molecule has 0 aromatic carbocycles. The van der Waals surface area contributed by atoms with Crippen molar-refractivity contribution < 1.29 is 14.0 Å². The average Bonchev–Trinajstić information content (AvgIpc) is 2.70. The normalized spacial score (nSPS) is 12.1. The molecule has 0 saturated carbocycles. The molecule has 1 aromatic heterocycles. The highest BCUT2D eigenvalue weighted by atomic mass is 32.1. The van der Waals surface area contributed by atoms with E-state index in [9.17, 15) is 4.57 Å². The lowest BCUT2D eigenvalue weighted by Crippen LogP contribution is -2.27. The summed E-state index contributed by atoms with van der Waals surface area (Å²) in [5.41, 5.74) is 0.999. The highest BCUT2D eigenvalue weighted by Gasteiger charge is 2.37. The van der Waals surface area contributed by atoms with E-state index in [1.54, 1.807) is 10.9 Å². The SMILES string of the molecule is CCOC(OCC)(P=O)c1cscn1. The van der Waals surface area contributed by atoms with Gasteiger partial charge in [0.2, 0.25) is 8.46 Å². The summed E-state index contributed by atoms with van der Waals surface area (Å²) in [4.78, 5) is 4.06. The highest BCUT2D eigenvalue weighted by Crippen LogP contribution is 2.37. The van der Waals surface area contributed by atoms with E-state index in [0.29, 0.717) is 18.9 Å². The Morgan fingerprint density at radius 3 is 2.50 bits per heavy atom. The van der Waals surface area contributed by atoms with E-state index >= 15 is 0 Å². The van der Waals surface area contributed by atoms with Gasteiger partial charge >= 0.3 is 0 Å². The second kappa shape index (κ2) is 5.51. The number of rotatable bonds is 6. The van der Waals surface area contributed by atoms with Crippen molar-refractivity contribution >= 4 is 19.8 Å². The second-order valence-corrected chi connectivity index (χ2v) is 3.90. The fraction of sp³-hybridized carbons (Fsp3) is 0.625. The van der Waals surface area contributed by atoms with Crippen LogP contribution in [-0.4, -0.2) is 18.2 Å². The van der Waals surface area contributed by atoms with Crippen molar-refractivity contribution in [3.8, 4) is 0 Å². The minimum Gasteiger partial charge on any atom is -0.336 e. The van der Waals surface area contributed by atoms with Crippen LogP contribution in [0, 0.1) is 0 Å². The summed E-state index contributed by atoms with van der Waals surface area (Å²) >= 11 is 1.42. The molecule has 0 amide bonds. The maximum atomic E-state index is 11.1. The van der Waals surface area contributed by atoms with Crippen LogP contribution in [0.3, 0.4) is 0 Å². The Morgan fingerprint density at radius 1 is 1.50 bits per heavy atom. The van der Waals surface area contributed by atoms with E-state index in [-0.39, 0.29) is 8.46 Å². The molecular weight excluding hydrogens is 221 g/mol. The summed E-state index contributed by atoms with van der Waals surface area (Å²) in [6.45, 7) is 4.50. The van der Waals surface area contributed by atoms with Crippen molar-refractivity contribution in [3.63, 3.8) is 0 Å². The number of thiazole rings is 1. The Balaban J connectivity index is 2.94. The first kappa shape index (κ1) is 11.7. The highest BCUT2D eigenvalue weighted by molar-refractivity contribution is 7.25. The molecule has 0 aliphatic heterocycles. The molecule has 1 rings (SSSR count). The van der Waals surface area contributed by atoms with Gasteiger partial charge in [-0.3, -0.25) is 4.57 Å². The van der Waals surface area contributed by atoms with Crippen LogP contribution >= 0.6 is 19.8 Å². The summed E-state index contributed by atoms with van der Waals surface area (Å²) in [7, 11) is -0.225. The molecule has 0 saturated heterocycles. The van der Waals surface area contributed by atoms with Gasteiger partial charge in [0, 0.05) is 18.6 Å². The van der Waals surface area contributed by atoms with Crippen LogP contribution < -0.4 is 0 Å². The molecule has 0 unspecified atom stereocenters. The van der Waals surface area contributed by atoms with Crippen LogP contribution in [0.15, 0.2) is 10.9 Å². The number of nitrogens with zero attached hydrogens (tertiary/aromatic N) is 1. The fourth-order valence-corrected chi connectivity index (χ4v) is 2.30. The first-order valence-corrected chi connectivity index (χ1v) is 6.05. The Labute approximate surface area is 88.5 Å². The second-order valence-electron chi connectivity index (χ2n) is 2.41. The maximum absolute atomic E-state index is 11.1. The van der Waals surface area contributed by atoms with E-state index in [4.69, 9.17) is 9.47 Å². The van der Waals surface area contributed by atoms with Gasteiger partial charge in [-0.2, -0.15) is 0 Å². The van der Waals surface area contributed by atoms with Crippen LogP contribution in [0.4, 0.5) is 0 Å². The zero-order chi connectivity index (χ0) is 10.4. The van der Waals surface area contributed by atoms with E-state index < -0.39 is 5.53 Å². The zero-order valence-electron chi connectivity index (χ0n) is 8.10. The molecule has 0 atom stereocenters. The summed E-state index contributed by atoms with van der Waals surface area (Å²) in [5, 5.41) is 1.77. The Bertz CT molecular complexity index is 272. The molecule has 0 N–H and O–H groups in total. The standard InChI is InChI=1S/C8H12NO3PS/c1-3-11-8(13-10,12-4-2)7-5-14-6-9-7/h5-6H,3-4H2,1-2H3. The summed E-state index contributed by atoms with van der Waals surface area (Å²) in [6, 6.07) is 0. The molecule has 6 heteroatoms. The Hall–Kier alpha value is -0.350. The van der Waals surface area contributed by atoms with Crippen LogP contribution in [0.25, 0.3) is 0 Å². The van der Waals surface area contributed by atoms with Gasteiger partial charge < -0.3 is 9.47 Å². The van der Waals surface area contributed by atoms with Gasteiger partial charge in [0.15, 0.2) is 0 Å². The van der Waals surface area contributed by atoms with Gasteiger partial charge in [0.05, 0.1) is 5.51 Å². The lowest BCUT2D eigenvalue weighted by Gasteiger charge is -2.24. The van der Waals surface area contributed by atoms with E-state index in [1.807, 2.05) is 13.8 Å². The topological polar surface area (TPSA) is 48.4 Å². The molecule has 0 aliphatic carbocycles. The van der Waals surface area contributed by atoms with Crippen LogP contribution in [-0.2, 0) is 19.6 Å². The smallest absolute Gasteiger partial charge is 0.297 e. The number of aromatic nitrogens is 1. The number of hydrogen-bond acceptors (Lipinski definition) is 5. The van der Waals surface area contributed by atoms with Gasteiger partial charge in [-0.15, -0.1) is 11.3 Å². The Kier molecular flexibility index (Phi) is 4.62. The van der Waals surface area contributed by atoms with Crippen LogP contribution in [0.1, 0.15) is 19.5 Å². The molecule has 78 valence electrons. The molecule has 1 heterocycles. The summed E-state index contributed by atoms with van der Waals surface area (Å²) in [5.74, 6) is 0. The minimum absolute atomic E-state index is 0.225. The predicted molar refractivity (Wildman–Crippen MR) is 54.7 cm³/mol. The van der Waals surface area contributed by atoms with E-state index in [1.165, 1.54) is 11.3 Å². The van der Waals surface area contributed by atoms with Gasteiger partial charge in [-0.1, -0.05) is 0 Å². The van der Waals surface area contributed by atoms with Crippen LogP contribution in [0.2, 0.25) is 0 Å². The third-order valence-corrected chi connectivity index (χ3v) is 2.87. The summed E-state index contributed by atoms with van der Waals surface area (Å²) in [6.07, 6.45) is 0. The molecule has 0 aliphatic rings. The molecule has 4 nitrogen and oxygen atoms in total. The third-order valence-electron chi connectivity index (χ3n) is 1.56. The molecular formula is C8H12NO3PS. The maximum Gasteiger partial charge on any atom is 0.297 e. The van der Waals surface area contributed by atoms with E-state index in [0.717, 1.165) is 0 Å². The first-order chi connectivity index (χ1) is 6.79. The van der Waals surface area contributed by atoms with Gasteiger partial charge in [-0.05, 0) is 13.8 Å². The minimum atomic E-state index is -1.22. The quantitative estimate of drug-likeness (QED) is 0.559. The first-order valence-electron chi connectivity index (χ1n) is 4.30. The van der Waals surface area contributed by atoms with Crippen molar-refractivity contribution in [2.75, 3.05) is 13.2 Å². The Morgan fingerprint density at radius 2 is 2.14 bits per heavy atom. The number of hydrogen-bond donors (Lipinski definition) is 0. The van der Waals surface area contributed by atoms with Crippen LogP contribution in [0.5, 0.6) is 0 Å². The zero-order valence-corrected chi connectivity index (χ0v) is 9.81. The van der Waals surface area contributed by atoms with Crippen molar-refractivity contribution in [2.45, 2.75) is 19.4 Å². The average molecular weight is 233 g/mol. The number of ether oxygens (including phenoxy) is 2. The largest absolute Gasteiger partial charge is 0.336 e. The monoisotopic (exact) mass is 233 g/mol. The fourth-order valence-electron chi connectivity index (χ4n) is 1.05. The van der Waals surface area contributed by atoms with Gasteiger partial charge in [0.1, 0.15) is 5.69 Å². The predicted octanol–water partition coefficient (Wildman–Crippen LogP) is 2.62. The molecule has 0 bridgehead atoms. The van der Waals surface area contributed by atoms with Crippen molar-refractivity contribution in [1.29, 1.82) is 0 Å². The van der Waals surface area contributed by atoms with E-state index in [2.05, 4.69) is 4.98 Å². The molecule has 14 heavy (non-hydrogen) atoms. The van der Waals surface area contributed by atoms with Crippen molar-refractivity contribution in [2.24, 2.45) is 0 Å². The molecule has 0 radical (unpaired) electrons. The molecule has 1 aromatic rings. The lowest BCUT2D eigenvalue weighted by atomic mass is 10.4. The van der Waals surface area contributed by atoms with Crippen molar-refractivity contribution in [1.82, 2.24) is 4.98 Å². The molecule has 0 spiro atoms. The van der Waals surface area contributed by atoms with Crippen molar-refractivity contribution in [3.05, 3.63) is 16.6 Å². The third kappa shape index (κ3) is 2.36.